The minimum atomic E-state index is 0.526. The monoisotopic (exact) mass is 275 g/mol. The van der Waals surface area contributed by atoms with Crippen LogP contribution in [0.2, 0.25) is 0 Å². The first-order valence-corrected chi connectivity index (χ1v) is 7.15. The summed E-state index contributed by atoms with van der Waals surface area (Å²) in [6, 6.07) is 6.44. The number of anilines is 1. The van der Waals surface area contributed by atoms with E-state index >= 15 is 0 Å². The van der Waals surface area contributed by atoms with Crippen LogP contribution in [0.1, 0.15) is 12.8 Å². The summed E-state index contributed by atoms with van der Waals surface area (Å²) in [5.41, 5.74) is 0.879. The lowest BCUT2D eigenvalue weighted by Crippen LogP contribution is -2.39. The molecule has 2 aromatic rings. The largest absolute Gasteiger partial charge is 0.383 e. The van der Waals surface area contributed by atoms with E-state index in [0.29, 0.717) is 12.6 Å². The van der Waals surface area contributed by atoms with Gasteiger partial charge in [0.05, 0.1) is 6.61 Å². The molecule has 1 unspecified atom stereocenters. The summed E-state index contributed by atoms with van der Waals surface area (Å²) in [7, 11) is 1.73. The number of ether oxygens (including phenoxy) is 1. The van der Waals surface area contributed by atoms with Gasteiger partial charge >= 0.3 is 0 Å². The Labute approximate surface area is 118 Å². The van der Waals surface area contributed by atoms with Crippen LogP contribution in [0.25, 0.3) is 5.65 Å². The summed E-state index contributed by atoms with van der Waals surface area (Å²) < 4.78 is 7.02. The average molecular weight is 275 g/mol. The van der Waals surface area contributed by atoms with Gasteiger partial charge < -0.3 is 15.0 Å². The molecule has 0 aromatic carbocycles. The SMILES string of the molecule is COCCN(CC1CCCN1)c1nc2ccccn2n1. The Morgan fingerprint density at radius 2 is 2.45 bits per heavy atom. The van der Waals surface area contributed by atoms with Gasteiger partial charge in [0.25, 0.3) is 0 Å². The summed E-state index contributed by atoms with van der Waals surface area (Å²) in [5, 5.41) is 8.08. The van der Waals surface area contributed by atoms with Gasteiger partial charge in [-0.15, -0.1) is 5.10 Å². The molecule has 20 heavy (non-hydrogen) atoms. The van der Waals surface area contributed by atoms with E-state index in [0.717, 1.165) is 31.2 Å². The lowest BCUT2D eigenvalue weighted by Gasteiger charge is -2.24. The Morgan fingerprint density at radius 1 is 1.50 bits per heavy atom. The maximum absolute atomic E-state index is 5.21. The van der Waals surface area contributed by atoms with Crippen molar-refractivity contribution in [1.82, 2.24) is 19.9 Å². The van der Waals surface area contributed by atoms with Gasteiger partial charge in [-0.05, 0) is 31.5 Å². The standard InChI is InChI=1S/C14H21N5O/c1-20-10-9-18(11-12-5-4-7-15-12)14-16-13-6-2-3-8-19(13)17-14/h2-3,6,8,12,15H,4-5,7,9-11H2,1H3. The number of methoxy groups -OCH3 is 1. The molecule has 0 bridgehead atoms. The molecule has 3 rings (SSSR count). The lowest BCUT2D eigenvalue weighted by atomic mass is 10.2. The van der Waals surface area contributed by atoms with Crippen LogP contribution in [0, 0.1) is 0 Å². The summed E-state index contributed by atoms with van der Waals surface area (Å²) in [6.07, 6.45) is 4.40. The van der Waals surface area contributed by atoms with Crippen LogP contribution < -0.4 is 10.2 Å². The van der Waals surface area contributed by atoms with Crippen LogP contribution in [0.3, 0.4) is 0 Å². The second kappa shape index (κ2) is 6.19. The van der Waals surface area contributed by atoms with Crippen molar-refractivity contribution in [2.24, 2.45) is 0 Å². The molecule has 0 radical (unpaired) electrons. The van der Waals surface area contributed by atoms with Gasteiger partial charge in [0, 0.05) is 32.4 Å². The zero-order valence-corrected chi connectivity index (χ0v) is 11.8. The van der Waals surface area contributed by atoms with E-state index < -0.39 is 0 Å². The van der Waals surface area contributed by atoms with Crippen LogP contribution >= 0.6 is 0 Å². The minimum Gasteiger partial charge on any atom is -0.383 e. The van der Waals surface area contributed by atoms with E-state index in [1.54, 1.807) is 7.11 Å². The van der Waals surface area contributed by atoms with Crippen LogP contribution in [-0.4, -0.2) is 54.0 Å². The van der Waals surface area contributed by atoms with Crippen molar-refractivity contribution in [3.63, 3.8) is 0 Å². The molecule has 0 amide bonds. The number of nitrogens with zero attached hydrogens (tertiary/aromatic N) is 4. The quantitative estimate of drug-likeness (QED) is 0.850. The molecule has 1 atom stereocenters. The molecule has 0 spiro atoms. The van der Waals surface area contributed by atoms with Crippen LogP contribution in [0.5, 0.6) is 0 Å². The topological polar surface area (TPSA) is 54.7 Å². The van der Waals surface area contributed by atoms with Gasteiger partial charge in [-0.25, -0.2) is 4.52 Å². The molecule has 6 nitrogen and oxygen atoms in total. The fraction of sp³-hybridized carbons (Fsp3) is 0.571. The first-order valence-electron chi connectivity index (χ1n) is 7.15. The highest BCUT2D eigenvalue weighted by Gasteiger charge is 2.20. The molecule has 0 saturated carbocycles. The molecule has 1 aliphatic rings. The molecule has 1 N–H and O–H groups in total. The van der Waals surface area contributed by atoms with Crippen molar-refractivity contribution >= 4 is 11.6 Å². The van der Waals surface area contributed by atoms with Gasteiger partial charge in [-0.1, -0.05) is 6.07 Å². The second-order valence-corrected chi connectivity index (χ2v) is 5.15. The third-order valence-corrected chi connectivity index (χ3v) is 3.68. The molecule has 3 heterocycles. The number of aromatic nitrogens is 3. The Hall–Kier alpha value is -1.66. The molecular formula is C14H21N5O. The highest BCUT2D eigenvalue weighted by molar-refractivity contribution is 5.44. The Morgan fingerprint density at radius 3 is 3.20 bits per heavy atom. The average Bonchev–Trinajstić information content (AvgIpc) is 3.12. The molecule has 1 saturated heterocycles. The van der Waals surface area contributed by atoms with Crippen LogP contribution in [0.15, 0.2) is 24.4 Å². The second-order valence-electron chi connectivity index (χ2n) is 5.15. The molecule has 2 aromatic heterocycles. The number of hydrogen-bond acceptors (Lipinski definition) is 5. The van der Waals surface area contributed by atoms with E-state index in [1.165, 1.54) is 12.8 Å². The molecular weight excluding hydrogens is 254 g/mol. The van der Waals surface area contributed by atoms with Crippen LogP contribution in [-0.2, 0) is 4.74 Å². The van der Waals surface area contributed by atoms with E-state index in [2.05, 4.69) is 20.3 Å². The third kappa shape index (κ3) is 2.91. The highest BCUT2D eigenvalue weighted by atomic mass is 16.5. The normalized spacial score (nSPS) is 18.8. The predicted octanol–water partition coefficient (Wildman–Crippen LogP) is 0.934. The first kappa shape index (κ1) is 13.3. The number of hydrogen-bond donors (Lipinski definition) is 1. The Balaban J connectivity index is 1.79. The van der Waals surface area contributed by atoms with Gasteiger partial charge in [0.1, 0.15) is 0 Å². The summed E-state index contributed by atoms with van der Waals surface area (Å²) >= 11 is 0. The minimum absolute atomic E-state index is 0.526. The molecule has 1 fully saturated rings. The fourth-order valence-corrected chi connectivity index (χ4v) is 2.61. The van der Waals surface area contributed by atoms with Gasteiger partial charge in [-0.2, -0.15) is 4.98 Å². The maximum atomic E-state index is 5.21. The Bertz CT molecular complexity index is 516. The summed E-state index contributed by atoms with van der Waals surface area (Å²) in [4.78, 5) is 6.81. The number of nitrogens with one attached hydrogen (secondary N) is 1. The smallest absolute Gasteiger partial charge is 0.245 e. The van der Waals surface area contributed by atoms with Crippen molar-refractivity contribution in [2.45, 2.75) is 18.9 Å². The molecule has 6 heteroatoms. The predicted molar refractivity (Wildman–Crippen MR) is 78.1 cm³/mol. The van der Waals surface area contributed by atoms with Gasteiger partial charge in [0.2, 0.25) is 5.95 Å². The number of pyridine rings is 1. The Kier molecular flexibility index (Phi) is 4.13. The molecule has 1 aliphatic heterocycles. The summed E-state index contributed by atoms with van der Waals surface area (Å²) in [6.45, 7) is 3.54. The maximum Gasteiger partial charge on any atom is 0.245 e. The van der Waals surface area contributed by atoms with E-state index in [4.69, 9.17) is 4.74 Å². The van der Waals surface area contributed by atoms with E-state index in [-0.39, 0.29) is 0 Å². The van der Waals surface area contributed by atoms with Crippen molar-refractivity contribution in [3.8, 4) is 0 Å². The summed E-state index contributed by atoms with van der Waals surface area (Å²) in [5.74, 6) is 0.780. The van der Waals surface area contributed by atoms with Gasteiger partial charge in [-0.3, -0.25) is 0 Å². The van der Waals surface area contributed by atoms with E-state index in [1.807, 2.05) is 28.9 Å². The van der Waals surface area contributed by atoms with Crippen LogP contribution in [0.4, 0.5) is 5.95 Å². The fourth-order valence-electron chi connectivity index (χ4n) is 2.61. The van der Waals surface area contributed by atoms with Crippen molar-refractivity contribution < 1.29 is 4.74 Å². The first-order chi connectivity index (χ1) is 9.86. The van der Waals surface area contributed by atoms with E-state index in [9.17, 15) is 0 Å². The lowest BCUT2D eigenvalue weighted by molar-refractivity contribution is 0.204. The van der Waals surface area contributed by atoms with Crippen molar-refractivity contribution in [3.05, 3.63) is 24.4 Å². The van der Waals surface area contributed by atoms with Crippen molar-refractivity contribution in [2.75, 3.05) is 38.3 Å². The third-order valence-electron chi connectivity index (χ3n) is 3.68. The number of rotatable bonds is 6. The van der Waals surface area contributed by atoms with Gasteiger partial charge in [0.15, 0.2) is 5.65 Å². The molecule has 108 valence electrons. The molecule has 0 aliphatic carbocycles. The zero-order valence-electron chi connectivity index (χ0n) is 11.8. The van der Waals surface area contributed by atoms with Crippen molar-refractivity contribution in [1.29, 1.82) is 0 Å². The highest BCUT2D eigenvalue weighted by Crippen LogP contribution is 2.14. The zero-order chi connectivity index (χ0) is 13.8. The number of fused-ring (bicyclic) bond motifs is 1.